The largest absolute Gasteiger partial charge is 0.351 e. The first-order chi connectivity index (χ1) is 10.9. The molecule has 0 bridgehead atoms. The summed E-state index contributed by atoms with van der Waals surface area (Å²) in [5.74, 6) is -0.0195. The molecule has 0 aliphatic carbocycles. The van der Waals surface area contributed by atoms with E-state index in [1.54, 1.807) is 15.9 Å². The van der Waals surface area contributed by atoms with Crippen LogP contribution in [0, 0.1) is 20.8 Å². The van der Waals surface area contributed by atoms with E-state index in [2.05, 4.69) is 26.0 Å². The number of benzene rings is 1. The van der Waals surface area contributed by atoms with Crippen LogP contribution in [0.1, 0.15) is 28.7 Å². The molecule has 1 saturated heterocycles. The van der Waals surface area contributed by atoms with Gasteiger partial charge in [0.1, 0.15) is 0 Å². The molecule has 3 amide bonds. The summed E-state index contributed by atoms with van der Waals surface area (Å²) in [7, 11) is 0. The molecule has 0 atom stereocenters. The number of urea groups is 1. The van der Waals surface area contributed by atoms with Gasteiger partial charge in [0.05, 0.1) is 0 Å². The highest BCUT2D eigenvalue weighted by atomic mass is 16.2. The van der Waals surface area contributed by atoms with E-state index in [9.17, 15) is 9.59 Å². The number of carbonyl (C=O) groups is 2. The molecule has 1 aromatic carbocycles. The summed E-state index contributed by atoms with van der Waals surface area (Å²) in [6, 6.07) is 3.82. The lowest BCUT2D eigenvalue weighted by molar-refractivity contribution is -0.125. The molecule has 0 aromatic heterocycles. The molecular weight excluding hydrogens is 290 g/mol. The number of hydrogen-bond donors (Lipinski definition) is 1. The molecule has 0 spiro atoms. The highest BCUT2D eigenvalue weighted by Crippen LogP contribution is 2.17. The van der Waals surface area contributed by atoms with Crippen molar-refractivity contribution in [3.8, 4) is 0 Å². The third kappa shape index (κ3) is 4.34. The molecule has 1 aliphatic rings. The van der Waals surface area contributed by atoms with Crippen molar-refractivity contribution in [1.29, 1.82) is 0 Å². The lowest BCUT2D eigenvalue weighted by Crippen LogP contribution is -2.39. The van der Waals surface area contributed by atoms with Gasteiger partial charge in [0.25, 0.3) is 0 Å². The molecule has 0 unspecified atom stereocenters. The third-order valence-corrected chi connectivity index (χ3v) is 4.41. The van der Waals surface area contributed by atoms with Crippen LogP contribution in [0.15, 0.2) is 18.2 Å². The minimum atomic E-state index is -0.416. The SMILES string of the molecule is Cc1cc(C)c(/C=C\C(=O)N2CCCN(C(N)=O)CC2)cc1C. The van der Waals surface area contributed by atoms with Crippen LogP contribution in [0.25, 0.3) is 6.08 Å². The van der Waals surface area contributed by atoms with Crippen LogP contribution in [0.5, 0.6) is 0 Å². The summed E-state index contributed by atoms with van der Waals surface area (Å²) in [4.78, 5) is 27.0. The molecule has 1 fully saturated rings. The molecule has 1 heterocycles. The number of carbonyl (C=O) groups excluding carboxylic acids is 2. The van der Waals surface area contributed by atoms with Gasteiger partial charge < -0.3 is 15.5 Å². The fourth-order valence-electron chi connectivity index (χ4n) is 2.79. The Balaban J connectivity index is 2.04. The molecule has 2 rings (SSSR count). The summed E-state index contributed by atoms with van der Waals surface area (Å²) in [6.45, 7) is 8.49. The molecule has 5 heteroatoms. The van der Waals surface area contributed by atoms with Crippen LogP contribution in [-0.4, -0.2) is 47.9 Å². The predicted molar refractivity (Wildman–Crippen MR) is 92.0 cm³/mol. The van der Waals surface area contributed by atoms with Crippen LogP contribution in [-0.2, 0) is 4.79 Å². The van der Waals surface area contributed by atoms with Crippen molar-refractivity contribution in [3.63, 3.8) is 0 Å². The number of primary amides is 1. The molecule has 1 aliphatic heterocycles. The van der Waals surface area contributed by atoms with Gasteiger partial charge in [-0.3, -0.25) is 4.79 Å². The number of aryl methyl sites for hydroxylation is 3. The van der Waals surface area contributed by atoms with E-state index in [4.69, 9.17) is 5.73 Å². The second-order valence-electron chi connectivity index (χ2n) is 6.13. The van der Waals surface area contributed by atoms with E-state index in [1.165, 1.54) is 11.1 Å². The highest BCUT2D eigenvalue weighted by molar-refractivity contribution is 5.92. The van der Waals surface area contributed by atoms with E-state index in [-0.39, 0.29) is 5.91 Å². The molecule has 0 saturated carbocycles. The van der Waals surface area contributed by atoms with E-state index in [0.717, 1.165) is 17.5 Å². The second kappa shape index (κ2) is 7.31. The Bertz CT molecular complexity index is 637. The van der Waals surface area contributed by atoms with E-state index in [1.807, 2.05) is 13.0 Å². The predicted octanol–water partition coefficient (Wildman–Crippen LogP) is 2.24. The average Bonchev–Trinajstić information content (AvgIpc) is 2.75. The van der Waals surface area contributed by atoms with Crippen molar-refractivity contribution < 1.29 is 9.59 Å². The fraction of sp³-hybridized carbons (Fsp3) is 0.444. The van der Waals surface area contributed by atoms with Gasteiger partial charge in [-0.15, -0.1) is 0 Å². The molecule has 124 valence electrons. The maximum atomic E-state index is 12.4. The molecule has 5 nitrogen and oxygen atoms in total. The summed E-state index contributed by atoms with van der Waals surface area (Å²) in [6.07, 6.45) is 4.25. The van der Waals surface area contributed by atoms with Crippen molar-refractivity contribution >= 4 is 18.0 Å². The quantitative estimate of drug-likeness (QED) is 0.851. The Kier molecular flexibility index (Phi) is 5.42. The summed E-state index contributed by atoms with van der Waals surface area (Å²) < 4.78 is 0. The van der Waals surface area contributed by atoms with Crippen LogP contribution >= 0.6 is 0 Å². The van der Waals surface area contributed by atoms with Gasteiger partial charge in [-0.1, -0.05) is 12.1 Å². The monoisotopic (exact) mass is 315 g/mol. The smallest absolute Gasteiger partial charge is 0.314 e. The van der Waals surface area contributed by atoms with Gasteiger partial charge in [0, 0.05) is 32.3 Å². The van der Waals surface area contributed by atoms with Gasteiger partial charge in [-0.25, -0.2) is 4.79 Å². The zero-order chi connectivity index (χ0) is 17.0. The molecule has 23 heavy (non-hydrogen) atoms. The van der Waals surface area contributed by atoms with Gasteiger partial charge in [0.15, 0.2) is 0 Å². The van der Waals surface area contributed by atoms with Crippen LogP contribution in [0.2, 0.25) is 0 Å². The fourth-order valence-corrected chi connectivity index (χ4v) is 2.79. The zero-order valence-corrected chi connectivity index (χ0v) is 14.1. The Morgan fingerprint density at radius 2 is 1.57 bits per heavy atom. The zero-order valence-electron chi connectivity index (χ0n) is 14.1. The van der Waals surface area contributed by atoms with Crippen molar-refractivity contribution in [2.75, 3.05) is 26.2 Å². The normalized spacial score (nSPS) is 15.8. The van der Waals surface area contributed by atoms with Crippen LogP contribution < -0.4 is 5.73 Å². The average molecular weight is 315 g/mol. The van der Waals surface area contributed by atoms with Gasteiger partial charge >= 0.3 is 6.03 Å². The highest BCUT2D eigenvalue weighted by Gasteiger charge is 2.19. The summed E-state index contributed by atoms with van der Waals surface area (Å²) >= 11 is 0. The first-order valence-corrected chi connectivity index (χ1v) is 7.97. The Morgan fingerprint density at radius 3 is 2.26 bits per heavy atom. The van der Waals surface area contributed by atoms with Crippen molar-refractivity contribution in [2.24, 2.45) is 5.73 Å². The molecule has 1 aromatic rings. The van der Waals surface area contributed by atoms with Crippen molar-refractivity contribution in [3.05, 3.63) is 40.5 Å². The number of hydrogen-bond acceptors (Lipinski definition) is 2. The van der Waals surface area contributed by atoms with Gasteiger partial charge in [-0.2, -0.15) is 0 Å². The Morgan fingerprint density at radius 1 is 0.957 bits per heavy atom. The standard InChI is InChI=1S/C18H25N3O2/c1-13-11-15(3)16(12-14(13)2)5-6-17(22)20-7-4-8-21(10-9-20)18(19)23/h5-6,11-12H,4,7-10H2,1-3H3,(H2,19,23)/b6-5-. The molecular formula is C18H25N3O2. The Labute approximate surface area is 137 Å². The number of nitrogens with two attached hydrogens (primary N) is 1. The first-order valence-electron chi connectivity index (χ1n) is 7.97. The van der Waals surface area contributed by atoms with Gasteiger partial charge in [0.2, 0.25) is 5.91 Å². The first kappa shape index (κ1) is 17.1. The summed E-state index contributed by atoms with van der Waals surface area (Å²) in [5.41, 5.74) is 10.0. The topological polar surface area (TPSA) is 66.6 Å². The number of rotatable bonds is 2. The second-order valence-corrected chi connectivity index (χ2v) is 6.13. The van der Waals surface area contributed by atoms with Crippen LogP contribution in [0.3, 0.4) is 0 Å². The third-order valence-electron chi connectivity index (χ3n) is 4.41. The maximum Gasteiger partial charge on any atom is 0.314 e. The lowest BCUT2D eigenvalue weighted by Gasteiger charge is -2.19. The minimum absolute atomic E-state index is 0.0195. The Hall–Kier alpha value is -2.30. The lowest BCUT2D eigenvalue weighted by atomic mass is 10.0. The number of nitrogens with zero attached hydrogens (tertiary/aromatic N) is 2. The van der Waals surface area contributed by atoms with Crippen LogP contribution in [0.4, 0.5) is 4.79 Å². The number of amides is 3. The molecule has 2 N–H and O–H groups in total. The van der Waals surface area contributed by atoms with Gasteiger partial charge in [-0.05, 0) is 55.5 Å². The molecule has 0 radical (unpaired) electrons. The summed E-state index contributed by atoms with van der Waals surface area (Å²) in [5, 5.41) is 0. The maximum absolute atomic E-state index is 12.4. The van der Waals surface area contributed by atoms with E-state index in [0.29, 0.717) is 26.2 Å². The van der Waals surface area contributed by atoms with E-state index < -0.39 is 6.03 Å². The minimum Gasteiger partial charge on any atom is -0.351 e. The van der Waals surface area contributed by atoms with Crippen molar-refractivity contribution in [1.82, 2.24) is 9.80 Å². The van der Waals surface area contributed by atoms with Crippen molar-refractivity contribution in [2.45, 2.75) is 27.2 Å². The van der Waals surface area contributed by atoms with E-state index >= 15 is 0 Å².